The molecule has 0 amide bonds. The van der Waals surface area contributed by atoms with Crippen LogP contribution < -0.4 is 5.56 Å². The molecule has 1 atom stereocenters. The van der Waals surface area contributed by atoms with Gasteiger partial charge in [0.1, 0.15) is 12.4 Å². The average Bonchev–Trinajstić information content (AvgIpc) is 2.91. The Bertz CT molecular complexity index is 1620. The molecule has 2 heterocycles. The Morgan fingerprint density at radius 1 is 1.03 bits per heavy atom. The fourth-order valence-electron chi connectivity index (χ4n) is 4.33. The predicted octanol–water partition coefficient (Wildman–Crippen LogP) is 4.06. The van der Waals surface area contributed by atoms with Crippen molar-refractivity contribution in [3.63, 3.8) is 0 Å². The molecule has 2 aromatic heterocycles. The number of aromatic hydroxyl groups is 1. The summed E-state index contributed by atoms with van der Waals surface area (Å²) in [6, 6.07) is 16.7. The molecular weight excluding hydrogens is 525 g/mol. The maximum Gasteiger partial charge on any atom is 0.296 e. The lowest BCUT2D eigenvalue weighted by atomic mass is 10.1. The van der Waals surface area contributed by atoms with Crippen molar-refractivity contribution in [2.24, 2.45) is 0 Å². The normalized spacial score (nSPS) is 12.4. The van der Waals surface area contributed by atoms with Gasteiger partial charge in [-0.25, -0.2) is 13.4 Å². The summed E-state index contributed by atoms with van der Waals surface area (Å²) in [5.74, 6) is -1.33. The molecule has 2 aromatic carbocycles. The molecule has 0 radical (unpaired) electrons. The van der Waals surface area contributed by atoms with Crippen LogP contribution in [0.3, 0.4) is 0 Å². The lowest BCUT2D eigenvalue weighted by Gasteiger charge is -2.25. The number of ether oxygens (including phenoxy) is 2. The number of benzene rings is 2. The Hall–Kier alpha value is -3.93. The summed E-state index contributed by atoms with van der Waals surface area (Å²) >= 11 is 0. The molecule has 0 spiro atoms. The van der Waals surface area contributed by atoms with Crippen LogP contribution in [0.15, 0.2) is 81.3 Å². The number of aromatic nitrogens is 3. The molecule has 1 N–H and O–H groups in total. The molecule has 0 aliphatic heterocycles. The van der Waals surface area contributed by atoms with E-state index in [1.54, 1.807) is 44.2 Å². The first-order chi connectivity index (χ1) is 18.7. The largest absolute Gasteiger partial charge is 0.493 e. The van der Waals surface area contributed by atoms with Crippen LogP contribution in [0.25, 0.3) is 11.1 Å². The number of sulfone groups is 1. The van der Waals surface area contributed by atoms with E-state index in [0.717, 1.165) is 0 Å². The predicted molar refractivity (Wildman–Crippen MR) is 142 cm³/mol. The fourth-order valence-corrected chi connectivity index (χ4v) is 5.67. The monoisotopic (exact) mass is 553 g/mol. The second-order valence-electron chi connectivity index (χ2n) is 8.67. The highest BCUT2D eigenvalue weighted by atomic mass is 32.2. The molecule has 0 fully saturated rings. The smallest absolute Gasteiger partial charge is 0.296 e. The Morgan fingerprint density at radius 3 is 2.33 bits per heavy atom. The zero-order chi connectivity index (χ0) is 28.2. The van der Waals surface area contributed by atoms with E-state index in [2.05, 4.69) is 9.97 Å². The molecular formula is C28H28FN3O6S. The SMILES string of the molecule is CCOCc1nc(=O)c(S(=O)(=O)c2ccc(-c3ccc(F)nc3C)cc2)c(O)n1C(COC)c1ccccc1. The van der Waals surface area contributed by atoms with Gasteiger partial charge in [-0.1, -0.05) is 42.5 Å². The summed E-state index contributed by atoms with van der Waals surface area (Å²) in [4.78, 5) is 19.8. The van der Waals surface area contributed by atoms with Crippen LogP contribution in [0.2, 0.25) is 0 Å². The van der Waals surface area contributed by atoms with Crippen LogP contribution in [-0.4, -0.2) is 48.4 Å². The van der Waals surface area contributed by atoms with E-state index < -0.39 is 38.2 Å². The van der Waals surface area contributed by atoms with Crippen LogP contribution in [0.4, 0.5) is 4.39 Å². The molecule has 0 saturated carbocycles. The summed E-state index contributed by atoms with van der Waals surface area (Å²) in [5.41, 5.74) is 1.26. The molecule has 0 bridgehead atoms. The van der Waals surface area contributed by atoms with Crippen molar-refractivity contribution in [1.82, 2.24) is 14.5 Å². The van der Waals surface area contributed by atoms with Gasteiger partial charge in [0.05, 0.1) is 17.5 Å². The van der Waals surface area contributed by atoms with Crippen LogP contribution in [0.1, 0.15) is 30.0 Å². The van der Waals surface area contributed by atoms with Gasteiger partial charge >= 0.3 is 0 Å². The Balaban J connectivity index is 1.86. The molecule has 0 aliphatic rings. The highest BCUT2D eigenvalue weighted by Crippen LogP contribution is 2.33. The molecule has 9 nitrogen and oxygen atoms in total. The third-order valence-corrected chi connectivity index (χ3v) is 7.97. The van der Waals surface area contributed by atoms with E-state index >= 15 is 0 Å². The van der Waals surface area contributed by atoms with E-state index in [4.69, 9.17) is 9.47 Å². The number of rotatable bonds is 10. The van der Waals surface area contributed by atoms with Crippen LogP contribution >= 0.6 is 0 Å². The first-order valence-electron chi connectivity index (χ1n) is 12.1. The number of hydrogen-bond acceptors (Lipinski definition) is 8. The van der Waals surface area contributed by atoms with Gasteiger partial charge in [0, 0.05) is 25.0 Å². The summed E-state index contributed by atoms with van der Waals surface area (Å²) in [7, 11) is -3.03. The quantitative estimate of drug-likeness (QED) is 0.292. The highest BCUT2D eigenvalue weighted by Gasteiger charge is 2.32. The topological polar surface area (TPSA) is 121 Å². The first kappa shape index (κ1) is 28.1. The van der Waals surface area contributed by atoms with Gasteiger partial charge in [-0.3, -0.25) is 9.36 Å². The fraction of sp³-hybridized carbons (Fsp3) is 0.250. The van der Waals surface area contributed by atoms with Gasteiger partial charge in [-0.05, 0) is 49.2 Å². The number of hydrogen-bond donors (Lipinski definition) is 1. The molecule has 0 saturated heterocycles. The molecule has 39 heavy (non-hydrogen) atoms. The van der Waals surface area contributed by atoms with Gasteiger partial charge in [-0.15, -0.1) is 0 Å². The van der Waals surface area contributed by atoms with Crippen LogP contribution in [-0.2, 0) is 25.9 Å². The zero-order valence-corrected chi connectivity index (χ0v) is 22.5. The van der Waals surface area contributed by atoms with Crippen molar-refractivity contribution < 1.29 is 27.4 Å². The number of pyridine rings is 1. The zero-order valence-electron chi connectivity index (χ0n) is 21.7. The van der Waals surface area contributed by atoms with Crippen molar-refractivity contribution in [2.75, 3.05) is 20.3 Å². The molecule has 4 rings (SSSR count). The Morgan fingerprint density at radius 2 is 1.72 bits per heavy atom. The molecule has 1 unspecified atom stereocenters. The highest BCUT2D eigenvalue weighted by molar-refractivity contribution is 7.91. The number of halogens is 1. The van der Waals surface area contributed by atoms with Crippen molar-refractivity contribution in [1.29, 1.82) is 0 Å². The summed E-state index contributed by atoms with van der Waals surface area (Å²) in [6.45, 7) is 3.64. The number of aryl methyl sites for hydroxylation is 1. The van der Waals surface area contributed by atoms with Gasteiger partial charge in [-0.2, -0.15) is 9.37 Å². The van der Waals surface area contributed by atoms with Crippen LogP contribution in [0, 0.1) is 12.9 Å². The van der Waals surface area contributed by atoms with Gasteiger partial charge in [0.2, 0.25) is 21.7 Å². The third kappa shape index (κ3) is 5.75. The summed E-state index contributed by atoms with van der Waals surface area (Å²) in [6.07, 6.45) is 0. The van der Waals surface area contributed by atoms with E-state index in [0.29, 0.717) is 29.0 Å². The maximum atomic E-state index is 13.7. The van der Waals surface area contributed by atoms with E-state index in [1.807, 2.05) is 6.07 Å². The minimum absolute atomic E-state index is 0.0545. The van der Waals surface area contributed by atoms with Gasteiger partial charge < -0.3 is 14.6 Å². The molecule has 204 valence electrons. The minimum Gasteiger partial charge on any atom is -0.493 e. The van der Waals surface area contributed by atoms with Crippen molar-refractivity contribution in [2.45, 2.75) is 36.3 Å². The maximum absolute atomic E-state index is 13.7. The standard InChI is InChI=1S/C28H28FN3O6S/c1-4-38-17-25-31-27(33)26(28(34)32(25)23(16-37-3)20-8-6-5-7-9-20)39(35,36)21-12-10-19(11-13-21)22-14-15-24(29)30-18(22)2/h5-15,23,34H,4,16-17H2,1-3H3. The average molecular weight is 554 g/mol. The molecule has 0 aliphatic carbocycles. The second-order valence-corrected chi connectivity index (χ2v) is 10.6. The lowest BCUT2D eigenvalue weighted by molar-refractivity contribution is 0.114. The molecule has 4 aromatic rings. The summed E-state index contributed by atoms with van der Waals surface area (Å²) in [5, 5.41) is 11.4. The van der Waals surface area contributed by atoms with E-state index in [-0.39, 0.29) is 23.9 Å². The lowest BCUT2D eigenvalue weighted by Crippen LogP contribution is -2.29. The Labute approximate surface area is 225 Å². The Kier molecular flexibility index (Phi) is 8.54. The van der Waals surface area contributed by atoms with Crippen LogP contribution in [0.5, 0.6) is 5.88 Å². The van der Waals surface area contributed by atoms with Gasteiger partial charge in [0.25, 0.3) is 5.56 Å². The number of methoxy groups -OCH3 is 1. The second kappa shape index (κ2) is 11.9. The third-order valence-electron chi connectivity index (χ3n) is 6.19. The van der Waals surface area contributed by atoms with Crippen molar-refractivity contribution in [3.8, 4) is 17.0 Å². The van der Waals surface area contributed by atoms with Crippen molar-refractivity contribution >= 4 is 9.84 Å². The summed E-state index contributed by atoms with van der Waals surface area (Å²) < 4.78 is 52.9. The van der Waals surface area contributed by atoms with E-state index in [9.17, 15) is 22.7 Å². The molecule has 11 heteroatoms. The van der Waals surface area contributed by atoms with E-state index in [1.165, 1.54) is 42.0 Å². The van der Waals surface area contributed by atoms with Gasteiger partial charge in [0.15, 0.2) is 4.90 Å². The van der Waals surface area contributed by atoms with Crippen molar-refractivity contribution in [3.05, 3.63) is 100 Å². The first-order valence-corrected chi connectivity index (χ1v) is 13.6. The number of nitrogens with zero attached hydrogens (tertiary/aromatic N) is 3. The minimum atomic E-state index is -4.51.